The first-order chi connectivity index (χ1) is 8.52. The second kappa shape index (κ2) is 4.86. The van der Waals surface area contributed by atoms with Crippen molar-refractivity contribution in [1.82, 2.24) is 0 Å². The maximum Gasteiger partial charge on any atom is 0.135 e. The highest BCUT2D eigenvalue weighted by atomic mass is 19.1. The maximum absolute atomic E-state index is 13.9. The van der Waals surface area contributed by atoms with E-state index < -0.39 is 17.7 Å². The van der Waals surface area contributed by atoms with E-state index in [1.165, 1.54) is 12.1 Å². The fourth-order valence-corrected chi connectivity index (χ4v) is 1.98. The third-order valence-electron chi connectivity index (χ3n) is 3.08. The summed E-state index contributed by atoms with van der Waals surface area (Å²) in [4.78, 5) is 0. The molecule has 0 spiro atoms. The summed E-state index contributed by atoms with van der Waals surface area (Å²) in [6.07, 6.45) is -1.29. The quantitative estimate of drug-likeness (QED) is 0.859. The Balaban J connectivity index is 2.56. The van der Waals surface area contributed by atoms with Gasteiger partial charge in [0, 0.05) is 0 Å². The van der Waals surface area contributed by atoms with E-state index in [-0.39, 0.29) is 5.56 Å². The predicted molar refractivity (Wildman–Crippen MR) is 66.3 cm³/mol. The molecule has 0 amide bonds. The highest BCUT2D eigenvalue weighted by molar-refractivity contribution is 5.38. The van der Waals surface area contributed by atoms with Crippen LogP contribution in [0.1, 0.15) is 28.4 Å². The van der Waals surface area contributed by atoms with E-state index in [2.05, 4.69) is 0 Å². The fraction of sp³-hybridized carbons (Fsp3) is 0.200. The van der Waals surface area contributed by atoms with Crippen LogP contribution >= 0.6 is 0 Å². The molecule has 0 radical (unpaired) electrons. The number of hydrogen-bond acceptors (Lipinski definition) is 1. The fourth-order valence-electron chi connectivity index (χ4n) is 1.98. The van der Waals surface area contributed by atoms with Gasteiger partial charge in [0.1, 0.15) is 17.7 Å². The largest absolute Gasteiger partial charge is 0.383 e. The average Bonchev–Trinajstić information content (AvgIpc) is 2.35. The van der Waals surface area contributed by atoms with Crippen molar-refractivity contribution >= 4 is 0 Å². The summed E-state index contributed by atoms with van der Waals surface area (Å²) in [5.74, 6) is -1.42. The van der Waals surface area contributed by atoms with Gasteiger partial charge in [-0.2, -0.15) is 0 Å². The molecular formula is C15H14F2O. The molecule has 1 atom stereocenters. The van der Waals surface area contributed by atoms with E-state index in [1.54, 1.807) is 32.0 Å². The lowest BCUT2D eigenvalue weighted by molar-refractivity contribution is 0.208. The summed E-state index contributed by atoms with van der Waals surface area (Å²) in [5.41, 5.74) is 1.34. The van der Waals surface area contributed by atoms with Crippen molar-refractivity contribution in [3.8, 4) is 0 Å². The number of aliphatic hydroxyl groups excluding tert-OH is 1. The number of aryl methyl sites for hydroxylation is 2. The molecule has 3 heteroatoms. The number of aliphatic hydroxyl groups is 1. The molecule has 0 saturated heterocycles. The molecule has 0 aromatic heterocycles. The molecule has 2 aromatic carbocycles. The Kier molecular flexibility index (Phi) is 3.43. The zero-order valence-corrected chi connectivity index (χ0v) is 10.2. The van der Waals surface area contributed by atoms with Gasteiger partial charge in [0.15, 0.2) is 0 Å². The van der Waals surface area contributed by atoms with Crippen LogP contribution in [0.3, 0.4) is 0 Å². The van der Waals surface area contributed by atoms with Crippen LogP contribution in [0.15, 0.2) is 36.4 Å². The molecule has 18 heavy (non-hydrogen) atoms. The van der Waals surface area contributed by atoms with Crippen molar-refractivity contribution in [3.05, 3.63) is 70.3 Å². The minimum absolute atomic E-state index is 0.288. The topological polar surface area (TPSA) is 20.2 Å². The molecular weight excluding hydrogens is 234 g/mol. The molecule has 0 aliphatic rings. The predicted octanol–water partition coefficient (Wildman–Crippen LogP) is 3.66. The van der Waals surface area contributed by atoms with Crippen molar-refractivity contribution in [3.63, 3.8) is 0 Å². The van der Waals surface area contributed by atoms with Gasteiger partial charge in [0.25, 0.3) is 0 Å². The zero-order valence-electron chi connectivity index (χ0n) is 10.2. The van der Waals surface area contributed by atoms with Gasteiger partial charge in [-0.15, -0.1) is 0 Å². The first-order valence-electron chi connectivity index (χ1n) is 5.70. The van der Waals surface area contributed by atoms with Crippen LogP contribution < -0.4 is 0 Å². The molecule has 1 N–H and O–H groups in total. The summed E-state index contributed by atoms with van der Waals surface area (Å²) in [6, 6.07) is 9.55. The molecule has 0 bridgehead atoms. The summed E-state index contributed by atoms with van der Waals surface area (Å²) in [7, 11) is 0. The first kappa shape index (κ1) is 12.7. The number of halogens is 2. The smallest absolute Gasteiger partial charge is 0.135 e. The normalized spacial score (nSPS) is 12.5. The van der Waals surface area contributed by atoms with Crippen molar-refractivity contribution in [1.29, 1.82) is 0 Å². The first-order valence-corrected chi connectivity index (χ1v) is 5.70. The van der Waals surface area contributed by atoms with E-state index in [1.807, 2.05) is 6.07 Å². The lowest BCUT2D eigenvalue weighted by Gasteiger charge is -2.16. The second-order valence-electron chi connectivity index (χ2n) is 4.35. The summed E-state index contributed by atoms with van der Waals surface area (Å²) >= 11 is 0. The van der Waals surface area contributed by atoms with Gasteiger partial charge >= 0.3 is 0 Å². The van der Waals surface area contributed by atoms with E-state index in [0.717, 1.165) is 5.56 Å². The molecule has 2 aromatic rings. The van der Waals surface area contributed by atoms with Crippen LogP contribution in [-0.4, -0.2) is 5.11 Å². The lowest BCUT2D eigenvalue weighted by atomic mass is 9.95. The van der Waals surface area contributed by atoms with Gasteiger partial charge in [-0.3, -0.25) is 0 Å². The van der Waals surface area contributed by atoms with E-state index in [0.29, 0.717) is 11.1 Å². The van der Waals surface area contributed by atoms with Crippen molar-refractivity contribution in [2.45, 2.75) is 20.0 Å². The van der Waals surface area contributed by atoms with E-state index in [4.69, 9.17) is 0 Å². The third-order valence-corrected chi connectivity index (χ3v) is 3.08. The molecule has 0 fully saturated rings. The zero-order chi connectivity index (χ0) is 13.3. The molecule has 0 saturated carbocycles. The Hall–Kier alpha value is -1.74. The van der Waals surface area contributed by atoms with Gasteiger partial charge in [-0.05, 0) is 36.6 Å². The number of rotatable bonds is 2. The van der Waals surface area contributed by atoms with Crippen LogP contribution in [0.25, 0.3) is 0 Å². The van der Waals surface area contributed by atoms with E-state index in [9.17, 15) is 13.9 Å². The third kappa shape index (κ3) is 2.14. The van der Waals surface area contributed by atoms with Crippen LogP contribution in [0.4, 0.5) is 8.78 Å². The summed E-state index contributed by atoms with van der Waals surface area (Å²) in [6.45, 7) is 3.34. The molecule has 94 valence electrons. The second-order valence-corrected chi connectivity index (χ2v) is 4.35. The SMILES string of the molecule is Cc1ccccc1C(O)c1c(F)ccc(C)c1F. The summed E-state index contributed by atoms with van der Waals surface area (Å²) < 4.78 is 27.6. The van der Waals surface area contributed by atoms with Gasteiger partial charge in [0.2, 0.25) is 0 Å². The van der Waals surface area contributed by atoms with Crippen molar-refractivity contribution < 1.29 is 13.9 Å². The monoisotopic (exact) mass is 248 g/mol. The van der Waals surface area contributed by atoms with Gasteiger partial charge in [0.05, 0.1) is 5.56 Å². The molecule has 0 aliphatic heterocycles. The highest BCUT2D eigenvalue weighted by Crippen LogP contribution is 2.29. The summed E-state index contributed by atoms with van der Waals surface area (Å²) in [5, 5.41) is 10.2. The number of hydrogen-bond donors (Lipinski definition) is 1. The van der Waals surface area contributed by atoms with Crippen molar-refractivity contribution in [2.75, 3.05) is 0 Å². The van der Waals surface area contributed by atoms with E-state index >= 15 is 0 Å². The minimum atomic E-state index is -1.29. The maximum atomic E-state index is 13.9. The molecule has 0 aliphatic carbocycles. The van der Waals surface area contributed by atoms with Crippen LogP contribution in [-0.2, 0) is 0 Å². The van der Waals surface area contributed by atoms with Gasteiger partial charge in [-0.25, -0.2) is 8.78 Å². The number of benzene rings is 2. The molecule has 0 heterocycles. The van der Waals surface area contributed by atoms with Gasteiger partial charge < -0.3 is 5.11 Å². The minimum Gasteiger partial charge on any atom is -0.383 e. The Morgan fingerprint density at radius 3 is 2.28 bits per heavy atom. The van der Waals surface area contributed by atoms with Crippen LogP contribution in [0.5, 0.6) is 0 Å². The van der Waals surface area contributed by atoms with Crippen LogP contribution in [0.2, 0.25) is 0 Å². The van der Waals surface area contributed by atoms with Crippen LogP contribution in [0, 0.1) is 25.5 Å². The molecule has 1 unspecified atom stereocenters. The Bertz CT molecular complexity index is 579. The molecule has 1 nitrogen and oxygen atoms in total. The molecule has 2 rings (SSSR count). The Labute approximate surface area is 105 Å². The lowest BCUT2D eigenvalue weighted by Crippen LogP contribution is -2.08. The van der Waals surface area contributed by atoms with Crippen molar-refractivity contribution in [2.24, 2.45) is 0 Å². The Morgan fingerprint density at radius 2 is 1.61 bits per heavy atom. The average molecular weight is 248 g/mol. The standard InChI is InChI=1S/C15H14F2O/c1-9-5-3-4-6-11(9)15(18)13-12(16)8-7-10(2)14(13)17/h3-8,15,18H,1-2H3. The van der Waals surface area contributed by atoms with Gasteiger partial charge in [-0.1, -0.05) is 30.3 Å². The Morgan fingerprint density at radius 1 is 0.944 bits per heavy atom. The highest BCUT2D eigenvalue weighted by Gasteiger charge is 2.21.